The van der Waals surface area contributed by atoms with Crippen LogP contribution in [0.1, 0.15) is 40.2 Å². The van der Waals surface area contributed by atoms with Gasteiger partial charge in [-0.3, -0.25) is 0 Å². The summed E-state index contributed by atoms with van der Waals surface area (Å²) in [5, 5.41) is 0. The van der Waals surface area contributed by atoms with E-state index in [1.807, 2.05) is 52.8 Å². The number of fused-ring (bicyclic) bond motifs is 1. The van der Waals surface area contributed by atoms with Crippen molar-refractivity contribution in [3.8, 4) is 16.9 Å². The van der Waals surface area contributed by atoms with Crippen LogP contribution in [0.4, 0.5) is 9.18 Å². The molecule has 2 fully saturated rings. The summed E-state index contributed by atoms with van der Waals surface area (Å²) in [5.74, 6) is 1.11. The van der Waals surface area contributed by atoms with Gasteiger partial charge in [0, 0.05) is 30.5 Å². The number of ether oxygens (including phenoxy) is 2. The lowest BCUT2D eigenvalue weighted by Crippen LogP contribution is -2.38. The van der Waals surface area contributed by atoms with Crippen LogP contribution in [0.25, 0.3) is 11.1 Å². The SMILES string of the molecule is CC(C)(C)OC(=O)N1C[C@@H]2C(Oc3cc(-c4ccc(F)cc4)cc(C(C)(C)N)c3)[C@@H]2C1. The van der Waals surface area contributed by atoms with Crippen LogP contribution in [0.3, 0.4) is 0 Å². The highest BCUT2D eigenvalue weighted by atomic mass is 19.1. The van der Waals surface area contributed by atoms with E-state index in [1.54, 1.807) is 17.0 Å². The second-order valence-corrected chi connectivity index (χ2v) is 10.3. The van der Waals surface area contributed by atoms with E-state index < -0.39 is 11.1 Å². The first-order valence-electron chi connectivity index (χ1n) is 10.8. The Bertz CT molecular complexity index is 964. The maximum absolute atomic E-state index is 13.4. The van der Waals surface area contributed by atoms with E-state index in [0.717, 1.165) is 22.4 Å². The molecule has 1 unspecified atom stereocenters. The Labute approximate surface area is 183 Å². The molecule has 1 saturated heterocycles. The van der Waals surface area contributed by atoms with Crippen LogP contribution < -0.4 is 10.5 Å². The number of benzene rings is 2. The van der Waals surface area contributed by atoms with Crippen molar-refractivity contribution in [3.63, 3.8) is 0 Å². The molecule has 2 aromatic carbocycles. The van der Waals surface area contributed by atoms with E-state index in [4.69, 9.17) is 15.2 Å². The summed E-state index contributed by atoms with van der Waals surface area (Å²) in [6.07, 6.45) is -0.181. The van der Waals surface area contributed by atoms with Crippen molar-refractivity contribution in [2.75, 3.05) is 13.1 Å². The minimum atomic E-state index is -0.541. The molecule has 1 saturated carbocycles. The Morgan fingerprint density at radius 3 is 2.16 bits per heavy atom. The zero-order valence-corrected chi connectivity index (χ0v) is 18.8. The number of nitrogens with two attached hydrogens (primary N) is 1. The first kappa shape index (κ1) is 21.6. The normalized spacial score (nSPS) is 22.8. The van der Waals surface area contributed by atoms with Crippen LogP contribution in [-0.2, 0) is 10.3 Å². The first-order valence-corrected chi connectivity index (χ1v) is 10.8. The van der Waals surface area contributed by atoms with Crippen molar-refractivity contribution in [2.45, 2.75) is 51.9 Å². The average Bonchev–Trinajstić information content (AvgIpc) is 3.09. The smallest absolute Gasteiger partial charge is 0.410 e. The Morgan fingerprint density at radius 2 is 1.61 bits per heavy atom. The molecule has 1 aliphatic heterocycles. The van der Waals surface area contributed by atoms with Gasteiger partial charge in [-0.15, -0.1) is 0 Å². The van der Waals surface area contributed by atoms with Crippen molar-refractivity contribution < 1.29 is 18.7 Å². The monoisotopic (exact) mass is 426 g/mol. The second-order valence-electron chi connectivity index (χ2n) is 10.3. The summed E-state index contributed by atoms with van der Waals surface area (Å²) < 4.78 is 25.2. The fourth-order valence-corrected chi connectivity index (χ4v) is 4.13. The first-order chi connectivity index (χ1) is 14.4. The molecule has 1 amide bonds. The number of hydrogen-bond acceptors (Lipinski definition) is 4. The maximum Gasteiger partial charge on any atom is 0.410 e. The third kappa shape index (κ3) is 4.85. The van der Waals surface area contributed by atoms with Gasteiger partial charge in [0.15, 0.2) is 0 Å². The molecule has 2 aromatic rings. The predicted octanol–water partition coefficient (Wildman–Crippen LogP) is 4.93. The van der Waals surface area contributed by atoms with Crippen LogP contribution in [0, 0.1) is 17.7 Å². The largest absolute Gasteiger partial charge is 0.490 e. The number of hydrogen-bond donors (Lipinski definition) is 1. The van der Waals surface area contributed by atoms with E-state index in [1.165, 1.54) is 12.1 Å². The molecule has 0 bridgehead atoms. The fourth-order valence-electron chi connectivity index (χ4n) is 4.13. The molecule has 6 heteroatoms. The van der Waals surface area contributed by atoms with Gasteiger partial charge in [-0.1, -0.05) is 12.1 Å². The zero-order valence-electron chi connectivity index (χ0n) is 18.8. The number of amides is 1. The van der Waals surface area contributed by atoms with E-state index in [0.29, 0.717) is 24.9 Å². The molecule has 0 radical (unpaired) electrons. The van der Waals surface area contributed by atoms with Gasteiger partial charge < -0.3 is 20.1 Å². The lowest BCUT2D eigenvalue weighted by molar-refractivity contribution is 0.0253. The molecule has 0 spiro atoms. The molecule has 31 heavy (non-hydrogen) atoms. The maximum atomic E-state index is 13.4. The van der Waals surface area contributed by atoms with Gasteiger partial charge in [-0.05, 0) is 81.6 Å². The molecule has 5 nitrogen and oxygen atoms in total. The molecular formula is C25H31FN2O3. The van der Waals surface area contributed by atoms with Crippen LogP contribution in [0.2, 0.25) is 0 Å². The van der Waals surface area contributed by atoms with Crippen LogP contribution >= 0.6 is 0 Å². The van der Waals surface area contributed by atoms with Gasteiger partial charge in [0.05, 0.1) is 0 Å². The number of nitrogens with zero attached hydrogens (tertiary/aromatic N) is 1. The van der Waals surface area contributed by atoms with Crippen LogP contribution in [0.5, 0.6) is 5.75 Å². The minimum Gasteiger partial charge on any atom is -0.490 e. The van der Waals surface area contributed by atoms with Crippen molar-refractivity contribution in [2.24, 2.45) is 17.6 Å². The lowest BCUT2D eigenvalue weighted by Gasteiger charge is -2.26. The number of carbonyl (C=O) groups excluding carboxylic acids is 1. The number of rotatable bonds is 4. The molecule has 3 atom stereocenters. The van der Waals surface area contributed by atoms with E-state index in [-0.39, 0.29) is 18.0 Å². The Morgan fingerprint density at radius 1 is 1.00 bits per heavy atom. The standard InChI is InChI=1S/C25H31FN2O3/c1-24(2,3)31-23(29)28-13-20-21(14-28)22(20)30-19-11-16(10-17(12-19)25(4,5)27)15-6-8-18(26)9-7-15/h6-12,20-22H,13-14,27H2,1-5H3/t20-,21+,22?. The predicted molar refractivity (Wildman–Crippen MR) is 118 cm³/mol. The van der Waals surface area contributed by atoms with Gasteiger partial charge in [-0.25, -0.2) is 9.18 Å². The van der Waals surface area contributed by atoms with Crippen molar-refractivity contribution in [1.29, 1.82) is 0 Å². The molecule has 0 aromatic heterocycles. The number of carbonyl (C=O) groups is 1. The minimum absolute atomic E-state index is 0.0795. The Hall–Kier alpha value is -2.60. The molecule has 2 N–H and O–H groups in total. The number of likely N-dealkylation sites (tertiary alicyclic amines) is 1. The quantitative estimate of drug-likeness (QED) is 0.753. The molecule has 166 valence electrons. The fraction of sp³-hybridized carbons (Fsp3) is 0.480. The number of piperidine rings is 1. The second kappa shape index (κ2) is 7.52. The van der Waals surface area contributed by atoms with Gasteiger partial charge in [0.2, 0.25) is 0 Å². The summed E-state index contributed by atoms with van der Waals surface area (Å²) in [7, 11) is 0. The van der Waals surface area contributed by atoms with Gasteiger partial charge in [0.25, 0.3) is 0 Å². The van der Waals surface area contributed by atoms with Crippen LogP contribution in [-0.4, -0.2) is 35.8 Å². The summed E-state index contributed by atoms with van der Waals surface area (Å²) >= 11 is 0. The summed E-state index contributed by atoms with van der Waals surface area (Å²) in [4.78, 5) is 14.1. The van der Waals surface area contributed by atoms with Crippen molar-refractivity contribution >= 4 is 6.09 Å². The van der Waals surface area contributed by atoms with E-state index >= 15 is 0 Å². The van der Waals surface area contributed by atoms with Crippen molar-refractivity contribution in [3.05, 3.63) is 53.8 Å². The average molecular weight is 427 g/mol. The lowest BCUT2D eigenvalue weighted by atomic mass is 9.92. The van der Waals surface area contributed by atoms with E-state index in [9.17, 15) is 9.18 Å². The highest BCUT2D eigenvalue weighted by Gasteiger charge is 2.59. The third-order valence-electron chi connectivity index (χ3n) is 5.87. The summed E-state index contributed by atoms with van der Waals surface area (Å²) in [6, 6.07) is 12.4. The molecule has 4 rings (SSSR count). The van der Waals surface area contributed by atoms with Gasteiger partial charge >= 0.3 is 6.09 Å². The highest BCUT2D eigenvalue weighted by Crippen LogP contribution is 2.48. The molecule has 1 heterocycles. The van der Waals surface area contributed by atoms with Crippen LogP contribution in [0.15, 0.2) is 42.5 Å². The number of halogens is 1. The van der Waals surface area contributed by atoms with Crippen molar-refractivity contribution in [1.82, 2.24) is 4.90 Å². The molecular weight excluding hydrogens is 395 g/mol. The Kier molecular flexibility index (Phi) is 5.24. The van der Waals surface area contributed by atoms with Gasteiger partial charge in [-0.2, -0.15) is 0 Å². The molecule has 2 aliphatic rings. The van der Waals surface area contributed by atoms with E-state index in [2.05, 4.69) is 0 Å². The topological polar surface area (TPSA) is 64.8 Å². The van der Waals surface area contributed by atoms with Gasteiger partial charge in [0.1, 0.15) is 23.3 Å². The summed E-state index contributed by atoms with van der Waals surface area (Å²) in [5.41, 5.74) is 8.12. The molecule has 1 aliphatic carbocycles. The summed E-state index contributed by atoms with van der Waals surface area (Å²) in [6.45, 7) is 10.8. The Balaban J connectivity index is 1.48. The highest BCUT2D eigenvalue weighted by molar-refractivity contribution is 5.69. The zero-order chi connectivity index (χ0) is 22.6. The third-order valence-corrected chi connectivity index (χ3v) is 5.87.